The fourth-order valence-corrected chi connectivity index (χ4v) is 6.16. The zero-order chi connectivity index (χ0) is 29.8. The maximum atomic E-state index is 14.0. The molecule has 2 aliphatic rings. The lowest BCUT2D eigenvalue weighted by molar-refractivity contribution is -0.132. The number of carbonyl (C=O) groups is 2. The standard InChI is InChI=1S/C35H40ClN3O3/c1-23-18-31(36)33(19-24(23)2)42-17-15-27-10-12-28(13-11-27)30-20-29-21-39(25(3)40)22-32(37-29)34(30)35(41)38(4)16-14-26-8-6-5-7-9-26/h5-13,18-19,29,32,37H,14-17,20-22H2,1-4H3/t29?,32-/m1/s1. The van der Waals surface area contributed by atoms with E-state index in [9.17, 15) is 9.59 Å². The van der Waals surface area contributed by atoms with Gasteiger partial charge in [-0.05, 0) is 72.2 Å². The Morgan fingerprint density at radius 2 is 1.67 bits per heavy atom. The van der Waals surface area contributed by atoms with Crippen molar-refractivity contribution in [1.29, 1.82) is 0 Å². The van der Waals surface area contributed by atoms with Gasteiger partial charge < -0.3 is 19.9 Å². The number of piperazine rings is 1. The maximum absolute atomic E-state index is 14.0. The van der Waals surface area contributed by atoms with Crippen molar-refractivity contribution in [2.75, 3.05) is 33.3 Å². The first-order chi connectivity index (χ1) is 20.2. The van der Waals surface area contributed by atoms with Crippen LogP contribution in [0.4, 0.5) is 0 Å². The molecule has 0 aromatic heterocycles. The van der Waals surface area contributed by atoms with E-state index in [1.165, 1.54) is 5.56 Å². The molecule has 3 aromatic carbocycles. The van der Waals surface area contributed by atoms with Crippen molar-refractivity contribution in [2.45, 2.75) is 52.1 Å². The Kier molecular flexibility index (Phi) is 9.34. The molecule has 3 aromatic rings. The van der Waals surface area contributed by atoms with E-state index < -0.39 is 0 Å². The highest BCUT2D eigenvalue weighted by molar-refractivity contribution is 6.32. The van der Waals surface area contributed by atoms with Gasteiger partial charge in [0.25, 0.3) is 5.91 Å². The average Bonchev–Trinajstić information content (AvgIpc) is 2.98. The lowest BCUT2D eigenvalue weighted by Gasteiger charge is -2.44. The molecule has 2 atom stereocenters. The van der Waals surface area contributed by atoms with Gasteiger partial charge in [-0.1, -0.05) is 66.2 Å². The highest BCUT2D eigenvalue weighted by Crippen LogP contribution is 2.34. The molecule has 5 rings (SSSR count). The molecular weight excluding hydrogens is 546 g/mol. The minimum Gasteiger partial charge on any atom is -0.492 e. The molecule has 7 heteroatoms. The predicted molar refractivity (Wildman–Crippen MR) is 169 cm³/mol. The second-order valence-electron chi connectivity index (χ2n) is 11.6. The fourth-order valence-electron chi connectivity index (χ4n) is 5.89. The number of nitrogens with zero attached hydrogens (tertiary/aromatic N) is 2. The van der Waals surface area contributed by atoms with Crippen LogP contribution in [-0.4, -0.2) is 67.0 Å². The molecule has 42 heavy (non-hydrogen) atoms. The summed E-state index contributed by atoms with van der Waals surface area (Å²) in [7, 11) is 1.87. The Balaban J connectivity index is 1.34. The van der Waals surface area contributed by atoms with Crippen molar-refractivity contribution in [3.63, 3.8) is 0 Å². The van der Waals surface area contributed by atoms with E-state index in [1.54, 1.807) is 6.92 Å². The second-order valence-corrected chi connectivity index (χ2v) is 12.0. The highest BCUT2D eigenvalue weighted by atomic mass is 35.5. The van der Waals surface area contributed by atoms with Gasteiger partial charge in [0.05, 0.1) is 17.7 Å². The number of aryl methyl sites for hydroxylation is 2. The lowest BCUT2D eigenvalue weighted by atomic mass is 9.82. The number of amides is 2. The number of ether oxygens (including phenoxy) is 1. The van der Waals surface area contributed by atoms with E-state index in [2.05, 4.69) is 48.6 Å². The summed E-state index contributed by atoms with van der Waals surface area (Å²) < 4.78 is 6.00. The van der Waals surface area contributed by atoms with Gasteiger partial charge in [-0.25, -0.2) is 0 Å². The molecular formula is C35H40ClN3O3. The molecule has 6 nitrogen and oxygen atoms in total. The number of nitrogens with one attached hydrogen (secondary N) is 1. The summed E-state index contributed by atoms with van der Waals surface area (Å²) in [6.07, 6.45) is 2.23. The van der Waals surface area contributed by atoms with Crippen molar-refractivity contribution in [3.05, 3.63) is 105 Å². The smallest absolute Gasteiger partial charge is 0.251 e. The molecule has 0 aliphatic carbocycles. The van der Waals surface area contributed by atoms with E-state index in [1.807, 2.05) is 54.1 Å². The molecule has 2 heterocycles. The molecule has 220 valence electrons. The molecule has 0 radical (unpaired) electrons. The van der Waals surface area contributed by atoms with Gasteiger partial charge in [0.2, 0.25) is 5.91 Å². The highest BCUT2D eigenvalue weighted by Gasteiger charge is 2.39. The monoisotopic (exact) mass is 585 g/mol. The summed E-state index contributed by atoms with van der Waals surface area (Å²) in [6, 6.07) is 22.6. The Labute approximate surface area is 254 Å². The summed E-state index contributed by atoms with van der Waals surface area (Å²) in [5, 5.41) is 4.27. The molecule has 1 N–H and O–H groups in total. The first-order valence-corrected chi connectivity index (χ1v) is 15.1. The van der Waals surface area contributed by atoms with Crippen LogP contribution in [0, 0.1) is 13.8 Å². The molecule has 1 saturated heterocycles. The topological polar surface area (TPSA) is 61.9 Å². The number of benzene rings is 3. The van der Waals surface area contributed by atoms with Crippen molar-refractivity contribution >= 4 is 29.0 Å². The van der Waals surface area contributed by atoms with E-state index in [0.29, 0.717) is 43.4 Å². The Morgan fingerprint density at radius 1 is 0.976 bits per heavy atom. The van der Waals surface area contributed by atoms with Crippen molar-refractivity contribution in [3.8, 4) is 5.75 Å². The fraction of sp³-hybridized carbons (Fsp3) is 0.371. The molecule has 0 spiro atoms. The van der Waals surface area contributed by atoms with Gasteiger partial charge in [-0.3, -0.25) is 9.59 Å². The summed E-state index contributed by atoms with van der Waals surface area (Å²) in [5.74, 6) is 0.778. The molecule has 2 bridgehead atoms. The summed E-state index contributed by atoms with van der Waals surface area (Å²) in [4.78, 5) is 30.0. The molecule has 1 fully saturated rings. The number of carbonyl (C=O) groups excluding carboxylic acids is 2. The largest absolute Gasteiger partial charge is 0.492 e. The molecule has 0 saturated carbocycles. The van der Waals surface area contributed by atoms with E-state index in [4.69, 9.17) is 16.3 Å². The van der Waals surface area contributed by atoms with Crippen LogP contribution in [0.1, 0.15) is 41.2 Å². The summed E-state index contributed by atoms with van der Waals surface area (Å²) in [6.45, 7) is 7.99. The van der Waals surface area contributed by atoms with Crippen LogP contribution in [0.3, 0.4) is 0 Å². The lowest BCUT2D eigenvalue weighted by Crippen LogP contribution is -2.61. The number of rotatable bonds is 9. The van der Waals surface area contributed by atoms with Crippen LogP contribution >= 0.6 is 11.6 Å². The number of hydrogen-bond acceptors (Lipinski definition) is 4. The van der Waals surface area contributed by atoms with Gasteiger partial charge in [0.15, 0.2) is 0 Å². The Morgan fingerprint density at radius 3 is 2.38 bits per heavy atom. The molecule has 2 amide bonds. The second kappa shape index (κ2) is 13.1. The third-order valence-corrected chi connectivity index (χ3v) is 8.80. The molecule has 1 unspecified atom stereocenters. The van der Waals surface area contributed by atoms with Gasteiger partial charge >= 0.3 is 0 Å². The average molecular weight is 586 g/mol. The first-order valence-electron chi connectivity index (χ1n) is 14.7. The van der Waals surface area contributed by atoms with E-state index in [-0.39, 0.29) is 23.9 Å². The van der Waals surface area contributed by atoms with Crippen LogP contribution in [0.5, 0.6) is 5.75 Å². The normalized spacial score (nSPS) is 18.2. The quantitative estimate of drug-likeness (QED) is 0.354. The number of fused-ring (bicyclic) bond motifs is 2. The van der Waals surface area contributed by atoms with E-state index in [0.717, 1.165) is 46.2 Å². The van der Waals surface area contributed by atoms with Gasteiger partial charge in [-0.2, -0.15) is 0 Å². The SMILES string of the molecule is CC(=O)N1CC2CC(c3ccc(CCOc4cc(C)c(C)cc4Cl)cc3)=C(C(=O)N(C)CCc3ccccc3)[C@@H](C1)N2. The van der Waals surface area contributed by atoms with Crippen molar-refractivity contribution < 1.29 is 14.3 Å². The third-order valence-electron chi connectivity index (χ3n) is 8.50. The Bertz CT molecular complexity index is 1470. The molecule has 2 aliphatic heterocycles. The Hall–Kier alpha value is -3.61. The summed E-state index contributed by atoms with van der Waals surface area (Å²) >= 11 is 6.38. The van der Waals surface area contributed by atoms with E-state index >= 15 is 0 Å². The van der Waals surface area contributed by atoms with Crippen LogP contribution in [-0.2, 0) is 22.4 Å². The number of hydrogen-bond donors (Lipinski definition) is 1. The number of likely N-dealkylation sites (N-methyl/N-ethyl adjacent to an activating group) is 1. The van der Waals surface area contributed by atoms with Crippen LogP contribution in [0.25, 0.3) is 5.57 Å². The minimum absolute atomic E-state index is 0.0185. The van der Waals surface area contributed by atoms with Crippen LogP contribution in [0.2, 0.25) is 5.02 Å². The maximum Gasteiger partial charge on any atom is 0.251 e. The minimum atomic E-state index is -0.195. The van der Waals surface area contributed by atoms with Crippen LogP contribution in [0.15, 0.2) is 72.3 Å². The van der Waals surface area contributed by atoms with Crippen molar-refractivity contribution in [1.82, 2.24) is 15.1 Å². The van der Waals surface area contributed by atoms with Gasteiger partial charge in [0, 0.05) is 51.6 Å². The number of halogens is 1. The zero-order valence-electron chi connectivity index (χ0n) is 25.0. The summed E-state index contributed by atoms with van der Waals surface area (Å²) in [5.41, 5.74) is 7.57. The zero-order valence-corrected chi connectivity index (χ0v) is 25.7. The van der Waals surface area contributed by atoms with Gasteiger partial charge in [0.1, 0.15) is 5.75 Å². The third kappa shape index (κ3) is 6.88. The van der Waals surface area contributed by atoms with Crippen LogP contribution < -0.4 is 10.1 Å². The first kappa shape index (κ1) is 29.9. The van der Waals surface area contributed by atoms with Crippen molar-refractivity contribution in [2.24, 2.45) is 0 Å². The predicted octanol–water partition coefficient (Wildman–Crippen LogP) is 5.63. The van der Waals surface area contributed by atoms with Gasteiger partial charge in [-0.15, -0.1) is 0 Å².